The minimum absolute atomic E-state index is 0. The minimum atomic E-state index is -1.24. The van der Waals surface area contributed by atoms with Gasteiger partial charge in [-0.05, 0) is 0 Å². The van der Waals surface area contributed by atoms with Gasteiger partial charge in [0.1, 0.15) is 0 Å². The van der Waals surface area contributed by atoms with Gasteiger partial charge in [-0.3, -0.25) is 10.1 Å². The molecule has 0 saturated heterocycles. The molecule has 1 rings (SSSR count). The average Bonchev–Trinajstić information content (AvgIpc) is 2.07. The van der Waals surface area contributed by atoms with Gasteiger partial charge in [-0.1, -0.05) is 30.3 Å². The van der Waals surface area contributed by atoms with Crippen LogP contribution >= 0.6 is 12.4 Å². The van der Waals surface area contributed by atoms with Gasteiger partial charge in [-0.25, -0.2) is 0 Å². The maximum atomic E-state index is 10.3. The van der Waals surface area contributed by atoms with Gasteiger partial charge >= 0.3 is 6.17 Å². The van der Waals surface area contributed by atoms with Crippen LogP contribution in [0.15, 0.2) is 30.3 Å². The number of nitrogens with zero attached hydrogens (tertiary/aromatic N) is 1. The van der Waals surface area contributed by atoms with Crippen molar-refractivity contribution in [2.75, 3.05) is 0 Å². The highest BCUT2D eigenvalue weighted by Crippen LogP contribution is 2.11. The fourth-order valence-corrected chi connectivity index (χ4v) is 0.879. The van der Waals surface area contributed by atoms with E-state index < -0.39 is 11.1 Å². The van der Waals surface area contributed by atoms with Crippen molar-refractivity contribution >= 4 is 12.4 Å². The zero-order valence-corrected chi connectivity index (χ0v) is 7.40. The van der Waals surface area contributed by atoms with Gasteiger partial charge in [-0.15, -0.1) is 17.9 Å². The van der Waals surface area contributed by atoms with E-state index in [2.05, 4.69) is 0 Å². The number of hydrogen-bond donors (Lipinski definition) is 2. The summed E-state index contributed by atoms with van der Waals surface area (Å²) in [5.74, 6) is 0. The van der Waals surface area contributed by atoms with Crippen LogP contribution in [-0.4, -0.2) is 10.1 Å². The Bertz CT molecular complexity index is 268. The van der Waals surface area contributed by atoms with Crippen molar-refractivity contribution in [3.63, 3.8) is 0 Å². The molecule has 0 radical (unpaired) electrons. The smallest absolute Gasteiger partial charge is 0.311 e. The highest BCUT2D eigenvalue weighted by molar-refractivity contribution is 5.85. The molecule has 0 amide bonds. The summed E-state index contributed by atoms with van der Waals surface area (Å²) in [6, 6.07) is 8.22. The molecule has 1 aromatic carbocycles. The molecule has 0 spiro atoms. The average molecular weight is 205 g/mol. The number of benzene rings is 1. The van der Waals surface area contributed by atoms with E-state index in [9.17, 15) is 10.1 Å². The maximum absolute atomic E-state index is 10.3. The number of nitro groups is 1. The summed E-state index contributed by atoms with van der Waals surface area (Å²) in [7, 11) is 0. The normalized spacial score (nSPS) is 11.5. The van der Waals surface area contributed by atoms with E-state index >= 15 is 0 Å². The van der Waals surface area contributed by atoms with E-state index in [0.29, 0.717) is 5.56 Å². The first-order chi connectivity index (χ1) is 5.75. The lowest BCUT2D eigenvalue weighted by molar-refractivity contribution is -0.547. The molecule has 2 N–H and O–H groups in total. The standard InChI is InChI=1S/C7H8N2O3.ClH/c10-8-7(9(11)12)6-4-2-1-3-5-6;/h1-5,7-8,10H;1H. The lowest BCUT2D eigenvalue weighted by Crippen LogP contribution is -2.24. The second-order valence-electron chi connectivity index (χ2n) is 2.23. The molecule has 0 aliphatic heterocycles. The van der Waals surface area contributed by atoms with Gasteiger partial charge < -0.3 is 5.21 Å². The zero-order valence-electron chi connectivity index (χ0n) is 6.58. The molecule has 0 aliphatic rings. The molecule has 13 heavy (non-hydrogen) atoms. The van der Waals surface area contributed by atoms with Crippen molar-refractivity contribution in [2.24, 2.45) is 0 Å². The number of rotatable bonds is 3. The summed E-state index contributed by atoms with van der Waals surface area (Å²) in [6.07, 6.45) is -1.24. The highest BCUT2D eigenvalue weighted by atomic mass is 35.5. The fraction of sp³-hybridized carbons (Fsp3) is 0.143. The van der Waals surface area contributed by atoms with Gasteiger partial charge in [0.15, 0.2) is 0 Å². The van der Waals surface area contributed by atoms with E-state index in [0.717, 1.165) is 0 Å². The van der Waals surface area contributed by atoms with E-state index in [1.165, 1.54) is 0 Å². The van der Waals surface area contributed by atoms with Crippen LogP contribution in [0.3, 0.4) is 0 Å². The van der Waals surface area contributed by atoms with Crippen LogP contribution in [0.2, 0.25) is 0 Å². The van der Waals surface area contributed by atoms with Crippen molar-refractivity contribution in [1.29, 1.82) is 0 Å². The molecule has 0 saturated carbocycles. The molecule has 1 atom stereocenters. The Morgan fingerprint density at radius 2 is 1.92 bits per heavy atom. The van der Waals surface area contributed by atoms with Gasteiger partial charge in [0, 0.05) is 10.5 Å². The van der Waals surface area contributed by atoms with Crippen LogP contribution in [0, 0.1) is 10.1 Å². The molecular formula is C7H9ClN2O3. The summed E-state index contributed by atoms with van der Waals surface area (Å²) in [5, 5.41) is 18.8. The summed E-state index contributed by atoms with van der Waals surface area (Å²) < 4.78 is 0. The van der Waals surface area contributed by atoms with Crippen LogP contribution in [0.4, 0.5) is 0 Å². The summed E-state index contributed by atoms with van der Waals surface area (Å²) in [4.78, 5) is 9.71. The lowest BCUT2D eigenvalue weighted by atomic mass is 10.2. The van der Waals surface area contributed by atoms with Gasteiger partial charge in [0.05, 0.1) is 0 Å². The second kappa shape index (κ2) is 5.47. The van der Waals surface area contributed by atoms with Crippen LogP contribution in [0.1, 0.15) is 11.7 Å². The molecule has 0 heterocycles. The molecule has 0 aromatic heterocycles. The molecule has 0 aliphatic carbocycles. The minimum Gasteiger partial charge on any atom is -0.311 e. The Morgan fingerprint density at radius 1 is 1.38 bits per heavy atom. The van der Waals surface area contributed by atoms with Crippen molar-refractivity contribution in [3.05, 3.63) is 46.0 Å². The van der Waals surface area contributed by atoms with E-state index in [1.54, 1.807) is 35.8 Å². The van der Waals surface area contributed by atoms with Gasteiger partial charge in [0.2, 0.25) is 0 Å². The second-order valence-corrected chi connectivity index (χ2v) is 2.23. The molecule has 5 nitrogen and oxygen atoms in total. The fourth-order valence-electron chi connectivity index (χ4n) is 0.879. The third-order valence-corrected chi connectivity index (χ3v) is 1.45. The topological polar surface area (TPSA) is 75.4 Å². The Balaban J connectivity index is 0.00000144. The van der Waals surface area contributed by atoms with Crippen molar-refractivity contribution in [2.45, 2.75) is 6.17 Å². The molecule has 1 aromatic rings. The lowest BCUT2D eigenvalue weighted by Gasteiger charge is -2.05. The third kappa shape index (κ3) is 2.98. The third-order valence-electron chi connectivity index (χ3n) is 1.45. The van der Waals surface area contributed by atoms with Crippen molar-refractivity contribution < 1.29 is 10.1 Å². The predicted octanol–water partition coefficient (Wildman–Crippen LogP) is 1.36. The molecule has 0 fully saturated rings. The van der Waals surface area contributed by atoms with E-state index in [-0.39, 0.29) is 12.4 Å². The maximum Gasteiger partial charge on any atom is 0.312 e. The number of nitrogens with one attached hydrogen (secondary N) is 1. The molecule has 0 bridgehead atoms. The highest BCUT2D eigenvalue weighted by Gasteiger charge is 2.19. The van der Waals surface area contributed by atoms with E-state index in [4.69, 9.17) is 5.21 Å². The Morgan fingerprint density at radius 3 is 2.31 bits per heavy atom. The first-order valence-electron chi connectivity index (χ1n) is 3.33. The SMILES string of the molecule is Cl.O=[N+]([O-])C(NO)c1ccccc1. The quantitative estimate of drug-likeness (QED) is 0.443. The molecule has 6 heteroatoms. The molecular weight excluding hydrogens is 196 g/mol. The summed E-state index contributed by atoms with van der Waals surface area (Å²) in [6.45, 7) is 0. The van der Waals surface area contributed by atoms with Crippen molar-refractivity contribution in [1.82, 2.24) is 5.48 Å². The number of halogens is 1. The predicted molar refractivity (Wildman–Crippen MR) is 48.3 cm³/mol. The molecule has 1 unspecified atom stereocenters. The first kappa shape index (κ1) is 11.8. The zero-order chi connectivity index (χ0) is 8.97. The number of hydrogen-bond acceptors (Lipinski definition) is 4. The first-order valence-corrected chi connectivity index (χ1v) is 3.33. The largest absolute Gasteiger partial charge is 0.312 e. The van der Waals surface area contributed by atoms with Crippen LogP contribution in [-0.2, 0) is 0 Å². The summed E-state index contributed by atoms with van der Waals surface area (Å²) >= 11 is 0. The van der Waals surface area contributed by atoms with Gasteiger partial charge in [0.25, 0.3) is 0 Å². The monoisotopic (exact) mass is 204 g/mol. The summed E-state index contributed by atoms with van der Waals surface area (Å²) in [5.41, 5.74) is 2.04. The van der Waals surface area contributed by atoms with Crippen LogP contribution in [0.25, 0.3) is 0 Å². The van der Waals surface area contributed by atoms with Crippen LogP contribution in [0.5, 0.6) is 0 Å². The Kier molecular flexibility index (Phi) is 4.98. The van der Waals surface area contributed by atoms with Crippen molar-refractivity contribution in [3.8, 4) is 0 Å². The molecule has 72 valence electrons. The Hall–Kier alpha value is -1.17. The van der Waals surface area contributed by atoms with Crippen LogP contribution < -0.4 is 5.48 Å². The van der Waals surface area contributed by atoms with E-state index in [1.807, 2.05) is 0 Å². The van der Waals surface area contributed by atoms with Gasteiger partial charge in [-0.2, -0.15) is 0 Å². The Labute approximate surface area is 80.9 Å². The number of hydroxylamine groups is 1.